The van der Waals surface area contributed by atoms with Crippen molar-refractivity contribution in [3.63, 3.8) is 0 Å². The van der Waals surface area contributed by atoms with E-state index >= 15 is 0 Å². The minimum absolute atomic E-state index is 0.0597. The molecule has 1 amide bonds. The number of nitrogens with one attached hydrogen (secondary N) is 1. The zero-order valence-corrected chi connectivity index (χ0v) is 16.5. The Morgan fingerprint density at radius 1 is 1.11 bits per heavy atom. The van der Waals surface area contributed by atoms with Crippen LogP contribution in [0.3, 0.4) is 0 Å². The van der Waals surface area contributed by atoms with E-state index in [1.165, 1.54) is 36.6 Å². The van der Waals surface area contributed by atoms with Gasteiger partial charge in [-0.3, -0.25) is 14.5 Å². The highest BCUT2D eigenvalue weighted by molar-refractivity contribution is 7.10. The number of rotatable bonds is 5. The molecule has 3 aromatic rings. The molecule has 6 heteroatoms. The van der Waals surface area contributed by atoms with Crippen LogP contribution in [0.25, 0.3) is 11.0 Å². The molecule has 5 nitrogen and oxygen atoms in total. The van der Waals surface area contributed by atoms with Crippen LogP contribution in [0.5, 0.6) is 0 Å². The van der Waals surface area contributed by atoms with Gasteiger partial charge in [0.1, 0.15) is 5.58 Å². The monoisotopic (exact) mass is 396 g/mol. The maximum absolute atomic E-state index is 12.7. The summed E-state index contributed by atoms with van der Waals surface area (Å²) in [7, 11) is 0. The standard InChI is InChI=1S/C22H24N2O3S/c25-18-14-20(27-19-9-4-3-8-16(18)19)22(26)23-15-17(21-10-7-13-28-21)24-11-5-1-2-6-12-24/h3-4,7-10,13-14,17H,1-2,5-6,11-12,15H2,(H,23,26). The average Bonchev–Trinajstić information content (AvgIpc) is 3.11. The number of amides is 1. The molecular weight excluding hydrogens is 372 g/mol. The Morgan fingerprint density at radius 3 is 2.64 bits per heavy atom. The van der Waals surface area contributed by atoms with Gasteiger partial charge < -0.3 is 9.73 Å². The van der Waals surface area contributed by atoms with Crippen LogP contribution in [0.2, 0.25) is 0 Å². The molecule has 146 valence electrons. The molecular formula is C22H24N2O3S. The van der Waals surface area contributed by atoms with Gasteiger partial charge in [0.15, 0.2) is 11.2 Å². The highest BCUT2D eigenvalue weighted by atomic mass is 32.1. The van der Waals surface area contributed by atoms with Gasteiger partial charge in [-0.15, -0.1) is 11.3 Å². The van der Waals surface area contributed by atoms with Crippen molar-refractivity contribution in [3.05, 3.63) is 68.7 Å². The Bertz CT molecular complexity index is 988. The lowest BCUT2D eigenvalue weighted by Crippen LogP contribution is -2.38. The van der Waals surface area contributed by atoms with Crippen LogP contribution in [0.4, 0.5) is 0 Å². The third kappa shape index (κ3) is 4.18. The number of likely N-dealkylation sites (tertiary alicyclic amines) is 1. The lowest BCUT2D eigenvalue weighted by atomic mass is 10.1. The Morgan fingerprint density at radius 2 is 1.89 bits per heavy atom. The lowest BCUT2D eigenvalue weighted by Gasteiger charge is -2.30. The molecule has 1 N–H and O–H groups in total. The van der Waals surface area contributed by atoms with Gasteiger partial charge in [0.25, 0.3) is 5.91 Å². The van der Waals surface area contributed by atoms with Crippen molar-refractivity contribution >= 4 is 28.2 Å². The number of hydrogen-bond acceptors (Lipinski definition) is 5. The van der Waals surface area contributed by atoms with E-state index < -0.39 is 0 Å². The van der Waals surface area contributed by atoms with E-state index in [1.807, 2.05) is 0 Å². The number of carbonyl (C=O) groups excluding carboxylic acids is 1. The molecule has 0 bridgehead atoms. The second-order valence-corrected chi connectivity index (χ2v) is 8.14. The van der Waals surface area contributed by atoms with Crippen LogP contribution in [0.1, 0.15) is 47.2 Å². The second-order valence-electron chi connectivity index (χ2n) is 7.16. The minimum atomic E-state index is -0.348. The number of hydrogen-bond donors (Lipinski definition) is 1. The first kappa shape index (κ1) is 18.9. The summed E-state index contributed by atoms with van der Waals surface area (Å²) in [6.07, 6.45) is 4.91. The first-order valence-electron chi connectivity index (χ1n) is 9.81. The number of nitrogens with zero attached hydrogens (tertiary/aromatic N) is 1. The molecule has 0 radical (unpaired) electrons. The summed E-state index contributed by atoms with van der Waals surface area (Å²) >= 11 is 1.72. The van der Waals surface area contributed by atoms with Gasteiger partial charge in [-0.25, -0.2) is 0 Å². The highest BCUT2D eigenvalue weighted by Gasteiger charge is 2.23. The van der Waals surface area contributed by atoms with Crippen LogP contribution in [-0.4, -0.2) is 30.4 Å². The smallest absolute Gasteiger partial charge is 0.287 e. The number of benzene rings is 1. The summed E-state index contributed by atoms with van der Waals surface area (Å²) in [6, 6.07) is 12.6. The first-order valence-corrected chi connectivity index (χ1v) is 10.7. The van der Waals surface area contributed by atoms with Crippen molar-refractivity contribution in [1.29, 1.82) is 0 Å². The van der Waals surface area contributed by atoms with Crippen LogP contribution in [0, 0.1) is 0 Å². The fourth-order valence-electron chi connectivity index (χ4n) is 3.79. The first-order chi connectivity index (χ1) is 13.7. The van der Waals surface area contributed by atoms with Crippen molar-refractivity contribution in [2.75, 3.05) is 19.6 Å². The molecule has 1 atom stereocenters. The van der Waals surface area contributed by atoms with Crippen molar-refractivity contribution in [3.8, 4) is 0 Å². The van der Waals surface area contributed by atoms with Crippen molar-refractivity contribution in [2.45, 2.75) is 31.7 Å². The molecule has 1 unspecified atom stereocenters. The molecule has 1 aliphatic rings. The summed E-state index contributed by atoms with van der Waals surface area (Å²) < 4.78 is 5.67. The van der Waals surface area contributed by atoms with Crippen LogP contribution in [-0.2, 0) is 0 Å². The van der Waals surface area contributed by atoms with E-state index in [1.54, 1.807) is 35.6 Å². The number of para-hydroxylation sites is 1. The van der Waals surface area contributed by atoms with Crippen molar-refractivity contribution in [1.82, 2.24) is 10.2 Å². The maximum atomic E-state index is 12.7. The molecule has 0 aliphatic carbocycles. The summed E-state index contributed by atoms with van der Waals surface area (Å²) in [5, 5.41) is 5.55. The predicted octanol–water partition coefficient (Wildman–Crippen LogP) is 4.20. The number of thiophene rings is 1. The van der Waals surface area contributed by atoms with E-state index in [4.69, 9.17) is 4.42 Å². The fourth-order valence-corrected chi connectivity index (χ4v) is 4.65. The summed E-state index contributed by atoms with van der Waals surface area (Å²) in [5.74, 6) is -0.288. The third-order valence-corrected chi connectivity index (χ3v) is 6.24. The summed E-state index contributed by atoms with van der Waals surface area (Å²) in [4.78, 5) is 28.7. The Balaban J connectivity index is 1.52. The molecule has 1 aromatic carbocycles. The lowest BCUT2D eigenvalue weighted by molar-refractivity contribution is 0.0907. The molecule has 0 saturated carbocycles. The van der Waals surface area contributed by atoms with Crippen LogP contribution < -0.4 is 10.7 Å². The fraction of sp³-hybridized carbons (Fsp3) is 0.364. The third-order valence-electron chi connectivity index (χ3n) is 5.27. The van der Waals surface area contributed by atoms with E-state index in [9.17, 15) is 9.59 Å². The van der Waals surface area contributed by atoms with Crippen LogP contribution >= 0.6 is 11.3 Å². The molecule has 1 saturated heterocycles. The molecule has 2 aromatic heterocycles. The van der Waals surface area contributed by atoms with Gasteiger partial charge in [-0.05, 0) is 49.5 Å². The Kier molecular flexibility index (Phi) is 5.88. The highest BCUT2D eigenvalue weighted by Crippen LogP contribution is 2.27. The maximum Gasteiger partial charge on any atom is 0.287 e. The zero-order chi connectivity index (χ0) is 19.3. The van der Waals surface area contributed by atoms with E-state index in [0.29, 0.717) is 17.5 Å². The number of fused-ring (bicyclic) bond motifs is 1. The predicted molar refractivity (Wildman–Crippen MR) is 112 cm³/mol. The van der Waals surface area contributed by atoms with E-state index in [-0.39, 0.29) is 23.1 Å². The summed E-state index contributed by atoms with van der Waals surface area (Å²) in [5.41, 5.74) is 0.233. The zero-order valence-electron chi connectivity index (χ0n) is 15.7. The van der Waals surface area contributed by atoms with Crippen molar-refractivity contribution < 1.29 is 9.21 Å². The second kappa shape index (κ2) is 8.71. The molecule has 1 fully saturated rings. The van der Waals surface area contributed by atoms with Crippen molar-refractivity contribution in [2.24, 2.45) is 0 Å². The molecule has 3 heterocycles. The van der Waals surface area contributed by atoms with Gasteiger partial charge in [0, 0.05) is 17.5 Å². The number of carbonyl (C=O) groups is 1. The van der Waals surface area contributed by atoms with Gasteiger partial charge in [0.05, 0.1) is 11.4 Å². The minimum Gasteiger partial charge on any atom is -0.451 e. The SMILES string of the molecule is O=C(NCC(c1cccs1)N1CCCCCC1)c1cc(=O)c2ccccc2o1. The Hall–Kier alpha value is -2.44. The van der Waals surface area contributed by atoms with Gasteiger partial charge in [0.2, 0.25) is 0 Å². The van der Waals surface area contributed by atoms with Gasteiger partial charge in [-0.2, -0.15) is 0 Å². The Labute approximate surface area is 168 Å². The molecule has 28 heavy (non-hydrogen) atoms. The van der Waals surface area contributed by atoms with Gasteiger partial charge in [-0.1, -0.05) is 31.0 Å². The van der Waals surface area contributed by atoms with Gasteiger partial charge >= 0.3 is 0 Å². The van der Waals surface area contributed by atoms with E-state index in [0.717, 1.165) is 13.1 Å². The topological polar surface area (TPSA) is 62.6 Å². The largest absolute Gasteiger partial charge is 0.451 e. The quantitative estimate of drug-likeness (QED) is 0.702. The molecule has 1 aliphatic heterocycles. The molecule has 0 spiro atoms. The van der Waals surface area contributed by atoms with Crippen LogP contribution in [0.15, 0.2) is 57.1 Å². The molecule has 4 rings (SSSR count). The summed E-state index contributed by atoms with van der Waals surface area (Å²) in [6.45, 7) is 2.59. The van der Waals surface area contributed by atoms with E-state index in [2.05, 4.69) is 27.7 Å². The normalized spacial score (nSPS) is 16.6. The average molecular weight is 397 g/mol.